The third-order valence-corrected chi connectivity index (χ3v) is 4.54. The maximum Gasteiger partial charge on any atom is 0.150 e. The van der Waals surface area contributed by atoms with E-state index < -0.39 is 0 Å². The largest absolute Gasteiger partial charge is 0.299 e. The third kappa shape index (κ3) is 2.74. The summed E-state index contributed by atoms with van der Waals surface area (Å²) in [6.45, 7) is 4.25. The first-order chi connectivity index (χ1) is 12.2. The van der Waals surface area contributed by atoms with E-state index in [0.29, 0.717) is 5.56 Å². The van der Waals surface area contributed by atoms with Gasteiger partial charge in [-0.15, -0.1) is 0 Å². The number of hydrogen-bond acceptors (Lipinski definition) is 2. The van der Waals surface area contributed by atoms with Crippen molar-refractivity contribution in [1.82, 2.24) is 9.55 Å². The molecule has 0 unspecified atom stereocenters. The summed E-state index contributed by atoms with van der Waals surface area (Å²) in [6, 6.07) is 20.5. The van der Waals surface area contributed by atoms with Gasteiger partial charge in [-0.1, -0.05) is 35.9 Å². The lowest BCUT2D eigenvalue weighted by Crippen LogP contribution is -1.93. The molecule has 0 aliphatic heterocycles. The number of benzene rings is 3. The van der Waals surface area contributed by atoms with Gasteiger partial charge in [0.25, 0.3) is 0 Å². The van der Waals surface area contributed by atoms with Crippen LogP contribution in [0.2, 0.25) is 0 Å². The summed E-state index contributed by atoms with van der Waals surface area (Å²) in [7, 11) is 0. The Morgan fingerprint density at radius 3 is 2.68 bits per heavy atom. The Kier molecular flexibility index (Phi) is 3.69. The fourth-order valence-corrected chi connectivity index (χ4v) is 3.18. The van der Waals surface area contributed by atoms with E-state index in [2.05, 4.69) is 65.9 Å². The first-order valence-corrected chi connectivity index (χ1v) is 8.26. The van der Waals surface area contributed by atoms with Crippen LogP contribution < -0.4 is 0 Å². The number of aromatic nitrogens is 2. The van der Waals surface area contributed by atoms with Crippen LogP contribution in [0.1, 0.15) is 21.5 Å². The average Bonchev–Trinajstić information content (AvgIpc) is 3.07. The number of fused-ring (bicyclic) bond motifs is 1. The van der Waals surface area contributed by atoms with E-state index in [4.69, 9.17) is 0 Å². The molecule has 1 heterocycles. The van der Waals surface area contributed by atoms with Crippen molar-refractivity contribution in [2.75, 3.05) is 0 Å². The minimum Gasteiger partial charge on any atom is -0.299 e. The molecule has 25 heavy (non-hydrogen) atoms. The first-order valence-electron chi connectivity index (χ1n) is 8.26. The van der Waals surface area contributed by atoms with Gasteiger partial charge in [-0.25, -0.2) is 4.98 Å². The molecule has 0 aliphatic carbocycles. The SMILES string of the molecule is Cc1ccc(C)c(-c2cccc(-n3cnc4cc(C=O)ccc43)c2)c1. The van der Waals surface area contributed by atoms with Crippen LogP contribution in [0.4, 0.5) is 0 Å². The van der Waals surface area contributed by atoms with Crippen molar-refractivity contribution in [3.8, 4) is 16.8 Å². The van der Waals surface area contributed by atoms with Gasteiger partial charge < -0.3 is 0 Å². The van der Waals surface area contributed by atoms with Crippen LogP contribution in [-0.2, 0) is 0 Å². The second-order valence-corrected chi connectivity index (χ2v) is 6.35. The van der Waals surface area contributed by atoms with Gasteiger partial charge in [-0.3, -0.25) is 9.36 Å². The summed E-state index contributed by atoms with van der Waals surface area (Å²) in [5, 5.41) is 0. The van der Waals surface area contributed by atoms with E-state index in [9.17, 15) is 4.79 Å². The van der Waals surface area contributed by atoms with Gasteiger partial charge >= 0.3 is 0 Å². The number of rotatable bonds is 3. The molecule has 0 aliphatic rings. The molecule has 0 spiro atoms. The molecular weight excluding hydrogens is 308 g/mol. The van der Waals surface area contributed by atoms with E-state index >= 15 is 0 Å². The lowest BCUT2D eigenvalue weighted by molar-refractivity contribution is 0.112. The highest BCUT2D eigenvalue weighted by molar-refractivity contribution is 5.86. The zero-order valence-corrected chi connectivity index (χ0v) is 14.2. The van der Waals surface area contributed by atoms with E-state index in [1.54, 1.807) is 0 Å². The molecule has 4 aromatic rings. The summed E-state index contributed by atoms with van der Waals surface area (Å²) >= 11 is 0. The Morgan fingerprint density at radius 1 is 0.960 bits per heavy atom. The highest BCUT2D eigenvalue weighted by Crippen LogP contribution is 2.27. The summed E-state index contributed by atoms with van der Waals surface area (Å²) < 4.78 is 2.05. The molecule has 0 N–H and O–H groups in total. The zero-order chi connectivity index (χ0) is 17.4. The lowest BCUT2D eigenvalue weighted by Gasteiger charge is -2.10. The van der Waals surface area contributed by atoms with Gasteiger partial charge in [0.15, 0.2) is 0 Å². The van der Waals surface area contributed by atoms with Crippen molar-refractivity contribution < 1.29 is 4.79 Å². The number of carbonyl (C=O) groups is 1. The van der Waals surface area contributed by atoms with Crippen LogP contribution in [0.3, 0.4) is 0 Å². The van der Waals surface area contributed by atoms with Crippen molar-refractivity contribution in [1.29, 1.82) is 0 Å². The van der Waals surface area contributed by atoms with E-state index in [-0.39, 0.29) is 0 Å². The maximum atomic E-state index is 11.0. The molecular formula is C22H18N2O. The van der Waals surface area contributed by atoms with Gasteiger partial charge in [0.05, 0.1) is 11.0 Å². The fourth-order valence-electron chi connectivity index (χ4n) is 3.18. The van der Waals surface area contributed by atoms with E-state index in [1.165, 1.54) is 22.3 Å². The summed E-state index contributed by atoms with van der Waals surface area (Å²) in [5.41, 5.74) is 8.45. The van der Waals surface area contributed by atoms with E-state index in [0.717, 1.165) is 23.0 Å². The molecule has 0 saturated carbocycles. The normalized spacial score (nSPS) is 11.0. The van der Waals surface area contributed by atoms with Crippen LogP contribution in [0, 0.1) is 13.8 Å². The molecule has 3 nitrogen and oxygen atoms in total. The number of nitrogens with zero attached hydrogens (tertiary/aromatic N) is 2. The first kappa shape index (κ1) is 15.3. The molecule has 3 heteroatoms. The summed E-state index contributed by atoms with van der Waals surface area (Å²) in [5.74, 6) is 0. The van der Waals surface area contributed by atoms with Gasteiger partial charge in [0.1, 0.15) is 12.6 Å². The topological polar surface area (TPSA) is 34.9 Å². The van der Waals surface area contributed by atoms with Gasteiger partial charge in [0.2, 0.25) is 0 Å². The number of aryl methyl sites for hydroxylation is 2. The van der Waals surface area contributed by atoms with Crippen LogP contribution in [0.5, 0.6) is 0 Å². The smallest absolute Gasteiger partial charge is 0.150 e. The van der Waals surface area contributed by atoms with Gasteiger partial charge in [-0.05, 0) is 60.9 Å². The van der Waals surface area contributed by atoms with Crippen LogP contribution >= 0.6 is 0 Å². The predicted octanol–water partition coefficient (Wildman–Crippen LogP) is 5.12. The molecule has 122 valence electrons. The fraction of sp³-hybridized carbons (Fsp3) is 0.0909. The van der Waals surface area contributed by atoms with Gasteiger partial charge in [-0.2, -0.15) is 0 Å². The van der Waals surface area contributed by atoms with Crippen LogP contribution in [0.15, 0.2) is 67.0 Å². The predicted molar refractivity (Wildman–Crippen MR) is 101 cm³/mol. The molecule has 0 fully saturated rings. The van der Waals surface area contributed by atoms with Crippen molar-refractivity contribution in [3.63, 3.8) is 0 Å². The minimum absolute atomic E-state index is 0.641. The monoisotopic (exact) mass is 326 g/mol. The van der Waals surface area contributed by atoms with Crippen molar-refractivity contribution >= 4 is 17.3 Å². The number of carbonyl (C=O) groups excluding carboxylic acids is 1. The zero-order valence-electron chi connectivity index (χ0n) is 14.2. The van der Waals surface area contributed by atoms with Crippen molar-refractivity contribution in [2.45, 2.75) is 13.8 Å². The average molecular weight is 326 g/mol. The quantitative estimate of drug-likeness (QED) is 0.490. The number of aldehydes is 1. The number of hydrogen-bond donors (Lipinski definition) is 0. The molecule has 0 atom stereocenters. The van der Waals surface area contributed by atoms with Gasteiger partial charge in [0, 0.05) is 11.3 Å². The van der Waals surface area contributed by atoms with E-state index in [1.807, 2.05) is 24.5 Å². The van der Waals surface area contributed by atoms with Crippen molar-refractivity contribution in [3.05, 3.63) is 83.7 Å². The molecule has 0 amide bonds. The lowest BCUT2D eigenvalue weighted by atomic mass is 9.98. The summed E-state index contributed by atoms with van der Waals surface area (Å²) in [6.07, 6.45) is 2.65. The van der Waals surface area contributed by atoms with Crippen molar-refractivity contribution in [2.24, 2.45) is 0 Å². The van der Waals surface area contributed by atoms with Crippen LogP contribution in [0.25, 0.3) is 27.8 Å². The molecule has 0 saturated heterocycles. The molecule has 1 aromatic heterocycles. The highest BCUT2D eigenvalue weighted by Gasteiger charge is 2.08. The third-order valence-electron chi connectivity index (χ3n) is 4.54. The maximum absolute atomic E-state index is 11.0. The second-order valence-electron chi connectivity index (χ2n) is 6.35. The molecule has 0 radical (unpaired) electrons. The molecule has 3 aromatic carbocycles. The molecule has 4 rings (SSSR count). The highest BCUT2D eigenvalue weighted by atomic mass is 16.1. The standard InChI is InChI=1S/C22H18N2O/c1-15-6-7-16(2)20(10-15)18-4-3-5-19(12-18)24-14-23-21-11-17(13-25)8-9-22(21)24/h3-14H,1-2H3. The Bertz CT molecular complexity index is 1090. The number of imidazole rings is 1. The van der Waals surface area contributed by atoms with Crippen LogP contribution in [-0.4, -0.2) is 15.8 Å². The Morgan fingerprint density at radius 2 is 1.84 bits per heavy atom. The Labute approximate surface area is 146 Å². The summed E-state index contributed by atoms with van der Waals surface area (Å²) in [4.78, 5) is 15.4. The molecule has 0 bridgehead atoms. The Hall–Kier alpha value is -3.20. The minimum atomic E-state index is 0.641. The Balaban J connectivity index is 1.85. The second kappa shape index (κ2) is 6.02.